The molecule has 2 heterocycles. The number of piperazine rings is 1. The summed E-state index contributed by atoms with van der Waals surface area (Å²) < 4.78 is 0. The average Bonchev–Trinajstić information content (AvgIpc) is 2.75. The Labute approximate surface area is 134 Å². The first-order chi connectivity index (χ1) is 9.92. The van der Waals surface area contributed by atoms with Gasteiger partial charge in [-0.05, 0) is 52.4 Å². The molecule has 3 nitrogen and oxygen atoms in total. The highest BCUT2D eigenvalue weighted by Gasteiger charge is 2.31. The Balaban J connectivity index is 1.93. The smallest absolute Gasteiger partial charge is 0.0299 e. The SMILES string of the molecule is CCCNCc1cc(CN2CCN(C)C(C)(C)C2)c(C)s1. The van der Waals surface area contributed by atoms with Crippen LogP contribution in [0.1, 0.15) is 42.5 Å². The fraction of sp³-hybridized carbons (Fsp3) is 0.765. The van der Waals surface area contributed by atoms with Gasteiger partial charge in [0, 0.05) is 48.0 Å². The third-order valence-electron chi connectivity index (χ3n) is 4.59. The van der Waals surface area contributed by atoms with Crippen LogP contribution in [0.15, 0.2) is 6.07 Å². The number of thiophene rings is 1. The van der Waals surface area contributed by atoms with Crippen molar-refractivity contribution in [2.75, 3.05) is 33.2 Å². The minimum Gasteiger partial charge on any atom is -0.312 e. The second kappa shape index (κ2) is 7.23. The van der Waals surface area contributed by atoms with Gasteiger partial charge in [-0.15, -0.1) is 11.3 Å². The Hall–Kier alpha value is -0.420. The molecule has 1 aliphatic heterocycles. The van der Waals surface area contributed by atoms with Crippen LogP contribution in [0.3, 0.4) is 0 Å². The van der Waals surface area contributed by atoms with E-state index in [-0.39, 0.29) is 5.54 Å². The average molecular weight is 310 g/mol. The largest absolute Gasteiger partial charge is 0.312 e. The molecule has 0 amide bonds. The summed E-state index contributed by atoms with van der Waals surface area (Å²) in [5.41, 5.74) is 1.81. The highest BCUT2D eigenvalue weighted by Crippen LogP contribution is 2.25. The standard InChI is InChI=1S/C17H31N3S/c1-6-7-18-11-16-10-15(14(2)21-16)12-20-9-8-19(5)17(3,4)13-20/h10,18H,6-9,11-13H2,1-5H3. The summed E-state index contributed by atoms with van der Waals surface area (Å²) in [5.74, 6) is 0. The maximum atomic E-state index is 3.50. The lowest BCUT2D eigenvalue weighted by Crippen LogP contribution is -2.57. The Morgan fingerprint density at radius 1 is 1.33 bits per heavy atom. The molecular weight excluding hydrogens is 278 g/mol. The first-order valence-corrected chi connectivity index (χ1v) is 8.96. The van der Waals surface area contributed by atoms with Crippen LogP contribution in [0.2, 0.25) is 0 Å². The van der Waals surface area contributed by atoms with E-state index in [1.807, 2.05) is 11.3 Å². The Morgan fingerprint density at radius 3 is 2.76 bits per heavy atom. The van der Waals surface area contributed by atoms with Crippen molar-refractivity contribution in [1.82, 2.24) is 15.1 Å². The van der Waals surface area contributed by atoms with Gasteiger partial charge >= 0.3 is 0 Å². The van der Waals surface area contributed by atoms with Crippen molar-refractivity contribution in [2.24, 2.45) is 0 Å². The first-order valence-electron chi connectivity index (χ1n) is 8.15. The maximum absolute atomic E-state index is 3.50. The van der Waals surface area contributed by atoms with E-state index in [0.29, 0.717) is 0 Å². The number of hydrogen-bond donors (Lipinski definition) is 1. The van der Waals surface area contributed by atoms with E-state index in [2.05, 4.69) is 55.9 Å². The van der Waals surface area contributed by atoms with Crippen molar-refractivity contribution < 1.29 is 0 Å². The molecule has 0 radical (unpaired) electrons. The van der Waals surface area contributed by atoms with E-state index in [1.165, 1.54) is 34.8 Å². The van der Waals surface area contributed by atoms with Crippen molar-refractivity contribution >= 4 is 11.3 Å². The molecule has 0 atom stereocenters. The van der Waals surface area contributed by atoms with E-state index in [1.54, 1.807) is 0 Å². The molecule has 0 aromatic carbocycles. The van der Waals surface area contributed by atoms with Gasteiger partial charge in [0.05, 0.1) is 0 Å². The molecule has 2 rings (SSSR count). The fourth-order valence-electron chi connectivity index (χ4n) is 2.94. The summed E-state index contributed by atoms with van der Waals surface area (Å²) in [7, 11) is 2.24. The molecule has 0 bridgehead atoms. The van der Waals surface area contributed by atoms with Crippen LogP contribution in [-0.2, 0) is 13.1 Å². The summed E-state index contributed by atoms with van der Waals surface area (Å²) in [6.07, 6.45) is 1.20. The van der Waals surface area contributed by atoms with Gasteiger partial charge in [0.2, 0.25) is 0 Å². The second-order valence-electron chi connectivity index (χ2n) is 6.92. The predicted octanol–water partition coefficient (Wildman–Crippen LogP) is 3.08. The molecule has 1 aliphatic rings. The molecule has 0 saturated carbocycles. The predicted molar refractivity (Wildman–Crippen MR) is 93.0 cm³/mol. The Morgan fingerprint density at radius 2 is 2.10 bits per heavy atom. The molecule has 1 saturated heterocycles. The molecule has 120 valence electrons. The normalized spacial score (nSPS) is 20.0. The molecule has 0 aliphatic carbocycles. The van der Waals surface area contributed by atoms with E-state index in [0.717, 1.165) is 26.2 Å². The van der Waals surface area contributed by atoms with Crippen molar-refractivity contribution in [3.63, 3.8) is 0 Å². The maximum Gasteiger partial charge on any atom is 0.0299 e. The van der Waals surface area contributed by atoms with Gasteiger partial charge in [0.25, 0.3) is 0 Å². The minimum atomic E-state index is 0.285. The lowest BCUT2D eigenvalue weighted by molar-refractivity contribution is 0.0360. The van der Waals surface area contributed by atoms with Crippen LogP contribution in [0.25, 0.3) is 0 Å². The van der Waals surface area contributed by atoms with Crippen molar-refractivity contribution in [3.8, 4) is 0 Å². The summed E-state index contributed by atoms with van der Waals surface area (Å²) in [5, 5.41) is 3.50. The fourth-order valence-corrected chi connectivity index (χ4v) is 3.96. The zero-order chi connectivity index (χ0) is 15.5. The molecule has 21 heavy (non-hydrogen) atoms. The zero-order valence-corrected chi connectivity index (χ0v) is 15.1. The number of aryl methyl sites for hydroxylation is 1. The summed E-state index contributed by atoms with van der Waals surface area (Å²) in [6.45, 7) is 15.9. The van der Waals surface area contributed by atoms with Crippen LogP contribution in [0.4, 0.5) is 0 Å². The van der Waals surface area contributed by atoms with Gasteiger partial charge in [-0.2, -0.15) is 0 Å². The Kier molecular flexibility index (Phi) is 5.83. The van der Waals surface area contributed by atoms with Crippen molar-refractivity contribution in [2.45, 2.75) is 52.7 Å². The van der Waals surface area contributed by atoms with Crippen LogP contribution < -0.4 is 5.32 Å². The van der Waals surface area contributed by atoms with Gasteiger partial charge in [-0.3, -0.25) is 9.80 Å². The zero-order valence-electron chi connectivity index (χ0n) is 14.3. The number of nitrogens with zero attached hydrogens (tertiary/aromatic N) is 2. The van der Waals surface area contributed by atoms with E-state index in [4.69, 9.17) is 0 Å². The number of nitrogens with one attached hydrogen (secondary N) is 1. The van der Waals surface area contributed by atoms with Crippen LogP contribution in [0, 0.1) is 6.92 Å². The number of rotatable bonds is 6. The quantitative estimate of drug-likeness (QED) is 0.815. The van der Waals surface area contributed by atoms with Gasteiger partial charge in [0.1, 0.15) is 0 Å². The highest BCUT2D eigenvalue weighted by atomic mass is 32.1. The third-order valence-corrected chi connectivity index (χ3v) is 5.68. The van der Waals surface area contributed by atoms with Gasteiger partial charge in [-0.25, -0.2) is 0 Å². The minimum absolute atomic E-state index is 0.285. The van der Waals surface area contributed by atoms with E-state index >= 15 is 0 Å². The third kappa shape index (κ3) is 4.52. The molecule has 4 heteroatoms. The molecule has 1 N–H and O–H groups in total. The Bertz CT molecular complexity index is 453. The van der Waals surface area contributed by atoms with Crippen molar-refractivity contribution in [1.29, 1.82) is 0 Å². The van der Waals surface area contributed by atoms with E-state index in [9.17, 15) is 0 Å². The number of likely N-dealkylation sites (N-methyl/N-ethyl adjacent to an activating group) is 1. The van der Waals surface area contributed by atoms with Crippen molar-refractivity contribution in [3.05, 3.63) is 21.4 Å². The molecule has 0 spiro atoms. The van der Waals surface area contributed by atoms with Gasteiger partial charge < -0.3 is 5.32 Å². The second-order valence-corrected chi connectivity index (χ2v) is 8.26. The van der Waals surface area contributed by atoms with E-state index < -0.39 is 0 Å². The molecular formula is C17H31N3S. The molecule has 1 aromatic rings. The molecule has 1 aromatic heterocycles. The van der Waals surface area contributed by atoms with Gasteiger partial charge in [-0.1, -0.05) is 6.92 Å². The lowest BCUT2D eigenvalue weighted by atomic mass is 9.99. The molecule has 1 fully saturated rings. The summed E-state index contributed by atoms with van der Waals surface area (Å²) in [6, 6.07) is 2.41. The summed E-state index contributed by atoms with van der Waals surface area (Å²) >= 11 is 1.95. The monoisotopic (exact) mass is 309 g/mol. The van der Waals surface area contributed by atoms with Gasteiger partial charge in [0.15, 0.2) is 0 Å². The topological polar surface area (TPSA) is 18.5 Å². The highest BCUT2D eigenvalue weighted by molar-refractivity contribution is 7.12. The van der Waals surface area contributed by atoms with Crippen LogP contribution in [-0.4, -0.2) is 48.6 Å². The molecule has 0 unspecified atom stereocenters. The first kappa shape index (κ1) is 16.9. The lowest BCUT2D eigenvalue weighted by Gasteiger charge is -2.45. The van der Waals surface area contributed by atoms with Crippen LogP contribution >= 0.6 is 11.3 Å². The number of hydrogen-bond acceptors (Lipinski definition) is 4. The van der Waals surface area contributed by atoms with Crippen LogP contribution in [0.5, 0.6) is 0 Å². The summed E-state index contributed by atoms with van der Waals surface area (Å²) in [4.78, 5) is 8.05.